The standard InChI is InChI=1S/C22H21FN2O3S/c1-16-8-6-13-21(17(16)2)25(29(27,28)20-11-4-3-5-12-20)15-22(26)24-19-10-7-9-18(23)14-19/h3-14H,15H2,1-2H3,(H,24,26). The van der Waals surface area contributed by atoms with Crippen LogP contribution < -0.4 is 9.62 Å². The van der Waals surface area contributed by atoms with Gasteiger partial charge in [0.05, 0.1) is 10.6 Å². The molecule has 0 unspecified atom stereocenters. The van der Waals surface area contributed by atoms with Gasteiger partial charge in [-0.25, -0.2) is 12.8 Å². The molecule has 5 nitrogen and oxygen atoms in total. The largest absolute Gasteiger partial charge is 0.324 e. The van der Waals surface area contributed by atoms with E-state index in [4.69, 9.17) is 0 Å². The molecule has 0 heterocycles. The van der Waals surface area contributed by atoms with Gasteiger partial charge in [-0.3, -0.25) is 9.10 Å². The maximum Gasteiger partial charge on any atom is 0.264 e. The number of rotatable bonds is 6. The van der Waals surface area contributed by atoms with Crippen molar-refractivity contribution in [3.63, 3.8) is 0 Å². The second-order valence-corrected chi connectivity index (χ2v) is 8.46. The van der Waals surface area contributed by atoms with E-state index in [-0.39, 0.29) is 10.6 Å². The maximum atomic E-state index is 13.4. The molecular weight excluding hydrogens is 391 g/mol. The molecule has 3 aromatic carbocycles. The van der Waals surface area contributed by atoms with Crippen LogP contribution in [0.15, 0.2) is 77.7 Å². The van der Waals surface area contributed by atoms with Crippen molar-refractivity contribution < 1.29 is 17.6 Å². The molecule has 7 heteroatoms. The number of carbonyl (C=O) groups is 1. The average molecular weight is 412 g/mol. The number of benzene rings is 3. The molecule has 150 valence electrons. The van der Waals surface area contributed by atoms with Crippen molar-refractivity contribution in [3.8, 4) is 0 Å². The summed E-state index contributed by atoms with van der Waals surface area (Å²) >= 11 is 0. The normalized spacial score (nSPS) is 11.1. The number of halogens is 1. The lowest BCUT2D eigenvalue weighted by Crippen LogP contribution is -2.38. The molecule has 0 aliphatic heterocycles. The summed E-state index contributed by atoms with van der Waals surface area (Å²) in [6.45, 7) is 3.24. The van der Waals surface area contributed by atoms with Crippen LogP contribution >= 0.6 is 0 Å². The highest BCUT2D eigenvalue weighted by atomic mass is 32.2. The monoisotopic (exact) mass is 412 g/mol. The molecule has 0 saturated heterocycles. The van der Waals surface area contributed by atoms with Gasteiger partial charge in [-0.15, -0.1) is 0 Å². The Morgan fingerprint density at radius 1 is 0.966 bits per heavy atom. The summed E-state index contributed by atoms with van der Waals surface area (Å²) in [5.74, 6) is -1.07. The van der Waals surface area contributed by atoms with Crippen LogP contribution in [-0.2, 0) is 14.8 Å². The fourth-order valence-electron chi connectivity index (χ4n) is 2.92. The molecule has 29 heavy (non-hydrogen) atoms. The van der Waals surface area contributed by atoms with Crippen LogP contribution in [0.5, 0.6) is 0 Å². The fraction of sp³-hybridized carbons (Fsp3) is 0.136. The zero-order valence-electron chi connectivity index (χ0n) is 16.1. The lowest BCUT2D eigenvalue weighted by atomic mass is 10.1. The molecule has 1 amide bonds. The van der Waals surface area contributed by atoms with Gasteiger partial charge in [-0.05, 0) is 61.4 Å². The molecule has 0 aromatic heterocycles. The van der Waals surface area contributed by atoms with Crippen molar-refractivity contribution in [3.05, 3.63) is 89.7 Å². The van der Waals surface area contributed by atoms with Gasteiger partial charge in [0.1, 0.15) is 12.4 Å². The van der Waals surface area contributed by atoms with Gasteiger partial charge in [0.25, 0.3) is 10.0 Å². The molecule has 0 aliphatic carbocycles. The van der Waals surface area contributed by atoms with E-state index < -0.39 is 28.3 Å². The Labute approximate surface area is 169 Å². The average Bonchev–Trinajstić information content (AvgIpc) is 2.69. The Morgan fingerprint density at radius 3 is 2.34 bits per heavy atom. The molecule has 3 rings (SSSR count). The molecule has 0 saturated carbocycles. The summed E-state index contributed by atoms with van der Waals surface area (Å²) in [5, 5.41) is 2.56. The Kier molecular flexibility index (Phi) is 5.98. The second-order valence-electron chi connectivity index (χ2n) is 6.60. The van der Waals surface area contributed by atoms with Crippen LogP contribution in [0.25, 0.3) is 0 Å². The van der Waals surface area contributed by atoms with Gasteiger partial charge in [-0.2, -0.15) is 0 Å². The molecule has 0 fully saturated rings. The van der Waals surface area contributed by atoms with E-state index >= 15 is 0 Å². The highest BCUT2D eigenvalue weighted by molar-refractivity contribution is 7.92. The minimum absolute atomic E-state index is 0.0828. The zero-order valence-corrected chi connectivity index (χ0v) is 16.9. The fourth-order valence-corrected chi connectivity index (χ4v) is 4.42. The van der Waals surface area contributed by atoms with Crippen LogP contribution in [0.4, 0.5) is 15.8 Å². The molecule has 0 radical (unpaired) electrons. The minimum Gasteiger partial charge on any atom is -0.324 e. The van der Waals surface area contributed by atoms with E-state index in [1.807, 2.05) is 19.9 Å². The number of anilines is 2. The molecule has 0 atom stereocenters. The summed E-state index contributed by atoms with van der Waals surface area (Å²) < 4.78 is 41.1. The molecule has 0 bridgehead atoms. The maximum absolute atomic E-state index is 13.4. The summed E-state index contributed by atoms with van der Waals surface area (Å²) in [5.41, 5.74) is 2.34. The van der Waals surface area contributed by atoms with Gasteiger partial charge in [0.15, 0.2) is 0 Å². The van der Waals surface area contributed by atoms with E-state index in [0.717, 1.165) is 15.4 Å². The number of aryl methyl sites for hydroxylation is 1. The Bertz CT molecular complexity index is 1130. The highest BCUT2D eigenvalue weighted by Crippen LogP contribution is 2.28. The number of hydrogen-bond acceptors (Lipinski definition) is 3. The van der Waals surface area contributed by atoms with Gasteiger partial charge >= 0.3 is 0 Å². The van der Waals surface area contributed by atoms with Crippen molar-refractivity contribution >= 4 is 27.3 Å². The van der Waals surface area contributed by atoms with E-state index in [0.29, 0.717) is 5.69 Å². The summed E-state index contributed by atoms with van der Waals surface area (Å²) in [6.07, 6.45) is 0. The van der Waals surface area contributed by atoms with Gasteiger partial charge in [-0.1, -0.05) is 36.4 Å². The minimum atomic E-state index is -3.99. The van der Waals surface area contributed by atoms with Crippen LogP contribution in [-0.4, -0.2) is 20.9 Å². The van der Waals surface area contributed by atoms with Crippen molar-refractivity contribution in [1.29, 1.82) is 0 Å². The Hall–Kier alpha value is -3.19. The quantitative estimate of drug-likeness (QED) is 0.657. The second kappa shape index (κ2) is 8.45. The summed E-state index contributed by atoms with van der Waals surface area (Å²) in [7, 11) is -3.99. The predicted molar refractivity (Wildman–Crippen MR) is 112 cm³/mol. The Morgan fingerprint density at radius 2 is 1.66 bits per heavy atom. The van der Waals surface area contributed by atoms with E-state index in [2.05, 4.69) is 5.32 Å². The van der Waals surface area contributed by atoms with Crippen LogP contribution in [0.1, 0.15) is 11.1 Å². The first-order chi connectivity index (χ1) is 13.8. The topological polar surface area (TPSA) is 66.5 Å². The van der Waals surface area contributed by atoms with Crippen LogP contribution in [0.2, 0.25) is 0 Å². The van der Waals surface area contributed by atoms with Crippen molar-refractivity contribution in [2.45, 2.75) is 18.7 Å². The van der Waals surface area contributed by atoms with Gasteiger partial charge in [0.2, 0.25) is 5.91 Å². The number of nitrogens with one attached hydrogen (secondary N) is 1. The molecule has 3 aromatic rings. The smallest absolute Gasteiger partial charge is 0.264 e. The zero-order chi connectivity index (χ0) is 21.0. The third-order valence-electron chi connectivity index (χ3n) is 4.57. The van der Waals surface area contributed by atoms with E-state index in [9.17, 15) is 17.6 Å². The summed E-state index contributed by atoms with van der Waals surface area (Å²) in [6, 6.07) is 18.7. The van der Waals surface area contributed by atoms with Crippen LogP contribution in [0, 0.1) is 19.7 Å². The first kappa shape index (κ1) is 20.5. The van der Waals surface area contributed by atoms with Gasteiger partial charge < -0.3 is 5.32 Å². The number of carbonyl (C=O) groups excluding carboxylic acids is 1. The van der Waals surface area contributed by atoms with Crippen molar-refractivity contribution in [1.82, 2.24) is 0 Å². The number of nitrogens with zero attached hydrogens (tertiary/aromatic N) is 1. The van der Waals surface area contributed by atoms with E-state index in [1.165, 1.54) is 36.4 Å². The molecule has 0 aliphatic rings. The molecular formula is C22H21FN2O3S. The van der Waals surface area contributed by atoms with E-state index in [1.54, 1.807) is 30.3 Å². The first-order valence-corrected chi connectivity index (χ1v) is 10.4. The number of sulfonamides is 1. The van der Waals surface area contributed by atoms with Gasteiger partial charge in [0, 0.05) is 5.69 Å². The number of amides is 1. The van der Waals surface area contributed by atoms with Crippen LogP contribution in [0.3, 0.4) is 0 Å². The summed E-state index contributed by atoms with van der Waals surface area (Å²) in [4.78, 5) is 12.7. The number of hydrogen-bond donors (Lipinski definition) is 1. The SMILES string of the molecule is Cc1cccc(N(CC(=O)Nc2cccc(F)c2)S(=O)(=O)c2ccccc2)c1C. The highest BCUT2D eigenvalue weighted by Gasteiger charge is 2.28. The third-order valence-corrected chi connectivity index (χ3v) is 6.35. The van der Waals surface area contributed by atoms with Crippen molar-refractivity contribution in [2.75, 3.05) is 16.2 Å². The lowest BCUT2D eigenvalue weighted by molar-refractivity contribution is -0.114. The molecule has 1 N–H and O–H groups in total. The third kappa shape index (κ3) is 4.63. The lowest BCUT2D eigenvalue weighted by Gasteiger charge is -2.26. The predicted octanol–water partition coefficient (Wildman–Crippen LogP) is 4.28. The van der Waals surface area contributed by atoms with Crippen molar-refractivity contribution in [2.24, 2.45) is 0 Å². The molecule has 0 spiro atoms. The first-order valence-electron chi connectivity index (χ1n) is 8.98. The Balaban J connectivity index is 1.99.